The van der Waals surface area contributed by atoms with Crippen LogP contribution in [0, 0.1) is 12.8 Å². The lowest BCUT2D eigenvalue weighted by Crippen LogP contribution is -2.07. The van der Waals surface area contributed by atoms with Crippen molar-refractivity contribution >= 4 is 11.8 Å². The third kappa shape index (κ3) is 5.25. The van der Waals surface area contributed by atoms with Crippen LogP contribution in [0.1, 0.15) is 63.9 Å². The number of carboxylic acids is 1. The minimum Gasteiger partial charge on any atom is -0.507 e. The van der Waals surface area contributed by atoms with Crippen molar-refractivity contribution < 1.29 is 24.5 Å². The van der Waals surface area contributed by atoms with E-state index in [4.69, 9.17) is 4.74 Å². The van der Waals surface area contributed by atoms with Gasteiger partial charge in [-0.15, -0.1) is 0 Å². The zero-order chi connectivity index (χ0) is 23.4. The number of carboxylic acid groups (broad SMARTS) is 1. The highest BCUT2D eigenvalue weighted by atomic mass is 16.5. The van der Waals surface area contributed by atoms with Crippen molar-refractivity contribution in [3.8, 4) is 22.6 Å². The average Bonchev–Trinajstić information content (AvgIpc) is 3.33. The fourth-order valence-corrected chi connectivity index (χ4v) is 4.48. The Kier molecular flexibility index (Phi) is 6.78. The number of ketones is 1. The molecule has 3 aromatic rings. The number of hydrogen-bond acceptors (Lipinski definition) is 4. The van der Waals surface area contributed by atoms with E-state index in [1.807, 2.05) is 30.3 Å². The van der Waals surface area contributed by atoms with Gasteiger partial charge >= 0.3 is 5.97 Å². The third-order valence-corrected chi connectivity index (χ3v) is 6.39. The smallest absolute Gasteiger partial charge is 0.335 e. The number of carbonyl (C=O) groups excluding carboxylic acids is 1. The van der Waals surface area contributed by atoms with Crippen LogP contribution in [-0.4, -0.2) is 22.0 Å². The Bertz CT molecular complexity index is 1170. The van der Waals surface area contributed by atoms with Crippen LogP contribution in [0.15, 0.2) is 60.7 Å². The second-order valence-electron chi connectivity index (χ2n) is 8.74. The molecule has 0 saturated heterocycles. The van der Waals surface area contributed by atoms with Crippen LogP contribution < -0.4 is 4.74 Å². The first-order chi connectivity index (χ1) is 15.9. The molecule has 2 N–H and O–H groups in total. The maximum Gasteiger partial charge on any atom is 0.335 e. The summed E-state index contributed by atoms with van der Waals surface area (Å²) in [4.78, 5) is 23.9. The van der Waals surface area contributed by atoms with Gasteiger partial charge in [0, 0.05) is 12.0 Å². The van der Waals surface area contributed by atoms with E-state index in [1.165, 1.54) is 12.8 Å². The Hall–Kier alpha value is -3.60. The predicted octanol–water partition coefficient (Wildman–Crippen LogP) is 6.41. The standard InChI is InChI=1S/C28H28O5/c1-18-26(13-12-24(27(18)30)25(29)15-19-6-2-3-7-19)33-17-20-8-4-9-21(14-20)22-10-5-11-23(16-22)28(31)32/h4-5,8-14,16,19,30H,2-3,6-7,15,17H2,1H3,(H,31,32). The number of ether oxygens (including phenoxy) is 1. The third-order valence-electron chi connectivity index (χ3n) is 6.39. The van der Waals surface area contributed by atoms with Gasteiger partial charge in [0.15, 0.2) is 5.78 Å². The molecule has 5 nitrogen and oxygen atoms in total. The second kappa shape index (κ2) is 9.90. The van der Waals surface area contributed by atoms with Gasteiger partial charge in [0.2, 0.25) is 0 Å². The number of aromatic hydroxyl groups is 1. The highest BCUT2D eigenvalue weighted by molar-refractivity contribution is 5.99. The number of carbonyl (C=O) groups is 2. The summed E-state index contributed by atoms with van der Waals surface area (Å²) in [5.74, 6) is -0.0170. The molecule has 33 heavy (non-hydrogen) atoms. The van der Waals surface area contributed by atoms with Gasteiger partial charge in [-0.3, -0.25) is 4.79 Å². The molecule has 1 aliphatic rings. The molecule has 0 radical (unpaired) electrons. The average molecular weight is 445 g/mol. The lowest BCUT2D eigenvalue weighted by Gasteiger charge is -2.14. The Morgan fingerprint density at radius 2 is 1.67 bits per heavy atom. The van der Waals surface area contributed by atoms with Crippen LogP contribution in [0.2, 0.25) is 0 Å². The molecule has 5 heteroatoms. The van der Waals surface area contributed by atoms with Crippen molar-refractivity contribution in [2.24, 2.45) is 5.92 Å². The van der Waals surface area contributed by atoms with E-state index in [2.05, 4.69) is 0 Å². The van der Waals surface area contributed by atoms with Crippen molar-refractivity contribution in [2.45, 2.75) is 45.6 Å². The molecule has 0 aliphatic heterocycles. The molecule has 1 aliphatic carbocycles. The lowest BCUT2D eigenvalue weighted by atomic mass is 9.95. The SMILES string of the molecule is Cc1c(OCc2cccc(-c3cccc(C(=O)O)c3)c2)ccc(C(=O)CC2CCCC2)c1O. The summed E-state index contributed by atoms with van der Waals surface area (Å²) in [6.07, 6.45) is 5.03. The van der Waals surface area contributed by atoms with Gasteiger partial charge in [0.25, 0.3) is 0 Å². The lowest BCUT2D eigenvalue weighted by molar-refractivity contribution is 0.0696. The number of phenolic OH excluding ortho intramolecular Hbond substituents is 1. The molecule has 0 amide bonds. The minimum absolute atomic E-state index is 0.00488. The normalized spacial score (nSPS) is 13.7. The summed E-state index contributed by atoms with van der Waals surface area (Å²) >= 11 is 0. The van der Waals surface area contributed by atoms with Crippen LogP contribution in [0.25, 0.3) is 11.1 Å². The quantitative estimate of drug-likeness (QED) is 0.392. The summed E-state index contributed by atoms with van der Waals surface area (Å²) in [7, 11) is 0. The first kappa shape index (κ1) is 22.6. The first-order valence-corrected chi connectivity index (χ1v) is 11.3. The van der Waals surface area contributed by atoms with Gasteiger partial charge in [0.1, 0.15) is 18.1 Å². The molecular weight excluding hydrogens is 416 g/mol. The predicted molar refractivity (Wildman–Crippen MR) is 127 cm³/mol. The van der Waals surface area contributed by atoms with E-state index in [0.29, 0.717) is 29.2 Å². The first-order valence-electron chi connectivity index (χ1n) is 11.3. The number of hydrogen-bond donors (Lipinski definition) is 2. The van der Waals surface area contributed by atoms with Gasteiger partial charge in [-0.25, -0.2) is 4.79 Å². The van der Waals surface area contributed by atoms with E-state index in [-0.39, 0.29) is 23.7 Å². The molecule has 0 spiro atoms. The molecule has 0 heterocycles. The van der Waals surface area contributed by atoms with E-state index >= 15 is 0 Å². The number of benzene rings is 3. The molecule has 0 atom stereocenters. The summed E-state index contributed by atoms with van der Waals surface area (Å²) in [5, 5.41) is 19.9. The van der Waals surface area contributed by atoms with Gasteiger partial charge in [-0.2, -0.15) is 0 Å². The molecule has 0 aromatic heterocycles. The molecule has 1 saturated carbocycles. The van der Waals surface area contributed by atoms with Crippen LogP contribution in [0.5, 0.6) is 11.5 Å². The number of rotatable bonds is 8. The Labute approximate surface area is 193 Å². The Balaban J connectivity index is 1.46. The molecule has 4 rings (SSSR count). The van der Waals surface area contributed by atoms with Gasteiger partial charge in [-0.1, -0.05) is 56.0 Å². The van der Waals surface area contributed by atoms with E-state index < -0.39 is 5.97 Å². The second-order valence-corrected chi connectivity index (χ2v) is 8.74. The maximum absolute atomic E-state index is 12.7. The van der Waals surface area contributed by atoms with Crippen LogP contribution in [0.4, 0.5) is 0 Å². The fourth-order valence-electron chi connectivity index (χ4n) is 4.48. The summed E-state index contributed by atoms with van der Waals surface area (Å²) in [6.45, 7) is 2.03. The molecule has 1 fully saturated rings. The highest BCUT2D eigenvalue weighted by Crippen LogP contribution is 2.34. The van der Waals surface area contributed by atoms with Gasteiger partial charge in [0.05, 0.1) is 11.1 Å². The molecular formula is C28H28O5. The van der Waals surface area contributed by atoms with Gasteiger partial charge < -0.3 is 14.9 Å². The number of Topliss-reactive ketones (excluding diaryl/α,β-unsaturated/α-hetero) is 1. The van der Waals surface area contributed by atoms with Crippen LogP contribution in [-0.2, 0) is 6.61 Å². The fraction of sp³-hybridized carbons (Fsp3) is 0.286. The molecule has 170 valence electrons. The van der Waals surface area contributed by atoms with Crippen molar-refractivity contribution in [2.75, 3.05) is 0 Å². The number of phenols is 1. The summed E-state index contributed by atoms with van der Waals surface area (Å²) < 4.78 is 5.96. The van der Waals surface area contributed by atoms with E-state index in [0.717, 1.165) is 29.5 Å². The Morgan fingerprint density at radius 1 is 0.970 bits per heavy atom. The van der Waals surface area contributed by atoms with Crippen molar-refractivity contribution in [3.05, 3.63) is 82.9 Å². The van der Waals surface area contributed by atoms with Crippen LogP contribution >= 0.6 is 0 Å². The summed E-state index contributed by atoms with van der Waals surface area (Å²) in [6, 6.07) is 17.9. The Morgan fingerprint density at radius 3 is 2.39 bits per heavy atom. The zero-order valence-electron chi connectivity index (χ0n) is 18.7. The monoisotopic (exact) mass is 444 g/mol. The molecule has 3 aromatic carbocycles. The molecule has 0 unspecified atom stereocenters. The zero-order valence-corrected chi connectivity index (χ0v) is 18.7. The topological polar surface area (TPSA) is 83.8 Å². The minimum atomic E-state index is -0.961. The van der Waals surface area contributed by atoms with Crippen molar-refractivity contribution in [1.29, 1.82) is 0 Å². The highest BCUT2D eigenvalue weighted by Gasteiger charge is 2.22. The largest absolute Gasteiger partial charge is 0.507 e. The van der Waals surface area contributed by atoms with Crippen LogP contribution in [0.3, 0.4) is 0 Å². The van der Waals surface area contributed by atoms with Crippen molar-refractivity contribution in [3.63, 3.8) is 0 Å². The van der Waals surface area contributed by atoms with E-state index in [9.17, 15) is 19.8 Å². The van der Waals surface area contributed by atoms with E-state index in [1.54, 1.807) is 37.3 Å². The number of aromatic carboxylic acids is 1. The molecule has 0 bridgehead atoms. The summed E-state index contributed by atoms with van der Waals surface area (Å²) in [5.41, 5.74) is 3.78. The maximum atomic E-state index is 12.7. The van der Waals surface area contributed by atoms with Gasteiger partial charge in [-0.05, 0) is 59.9 Å². The van der Waals surface area contributed by atoms with Crippen molar-refractivity contribution in [1.82, 2.24) is 0 Å².